The highest BCUT2D eigenvalue weighted by molar-refractivity contribution is 6.41. The average Bonchev–Trinajstić information content (AvgIpc) is 3.33. The molecule has 1 aliphatic heterocycles. The molecule has 9 nitrogen and oxygen atoms in total. The van der Waals surface area contributed by atoms with Crippen molar-refractivity contribution in [3.63, 3.8) is 0 Å². The molecule has 3 aromatic heterocycles. The van der Waals surface area contributed by atoms with Crippen molar-refractivity contribution >= 4 is 34.1 Å². The SMILES string of the molecule is CCn1c(=O)c(-c2c(Cl)c(OC)cc(OC)c2Cl)cc2cnc(-c3cn(CCN4CCOCC4)nc3C)cc21. The molecule has 0 radical (unpaired) electrons. The number of rotatable bonds is 8. The van der Waals surface area contributed by atoms with Crippen LogP contribution in [0.2, 0.25) is 10.0 Å². The minimum absolute atomic E-state index is 0.223. The van der Waals surface area contributed by atoms with E-state index in [1.165, 1.54) is 14.2 Å². The van der Waals surface area contributed by atoms with Gasteiger partial charge in [0.05, 0.1) is 66.5 Å². The van der Waals surface area contributed by atoms with Crippen molar-refractivity contribution in [3.05, 3.63) is 56.7 Å². The van der Waals surface area contributed by atoms with Gasteiger partial charge in [-0.2, -0.15) is 5.10 Å². The van der Waals surface area contributed by atoms with Crippen LogP contribution in [0.15, 0.2) is 35.4 Å². The van der Waals surface area contributed by atoms with Crippen LogP contribution >= 0.6 is 23.2 Å². The third kappa shape index (κ3) is 5.24. The summed E-state index contributed by atoms with van der Waals surface area (Å²) in [6.45, 7) is 9.46. The van der Waals surface area contributed by atoms with E-state index in [9.17, 15) is 4.79 Å². The number of hydrogen-bond acceptors (Lipinski definition) is 7. The van der Waals surface area contributed by atoms with Crippen LogP contribution in [0.4, 0.5) is 0 Å². The monoisotopic (exact) mass is 571 g/mol. The second-order valence-corrected chi connectivity index (χ2v) is 10.1. The van der Waals surface area contributed by atoms with E-state index in [4.69, 9.17) is 47.5 Å². The fraction of sp³-hybridized carbons (Fsp3) is 0.393. The number of fused-ring (bicyclic) bond motifs is 1. The van der Waals surface area contributed by atoms with E-state index in [0.717, 1.165) is 67.2 Å². The van der Waals surface area contributed by atoms with Gasteiger partial charge in [-0.05, 0) is 26.0 Å². The van der Waals surface area contributed by atoms with Crippen molar-refractivity contribution in [1.29, 1.82) is 0 Å². The summed E-state index contributed by atoms with van der Waals surface area (Å²) in [5.74, 6) is 0.732. The van der Waals surface area contributed by atoms with Crippen LogP contribution in [0.3, 0.4) is 0 Å². The average molecular weight is 572 g/mol. The number of methoxy groups -OCH3 is 2. The molecule has 0 aliphatic carbocycles. The van der Waals surface area contributed by atoms with Crippen molar-refractivity contribution in [1.82, 2.24) is 24.2 Å². The zero-order valence-electron chi connectivity index (χ0n) is 22.5. The molecular formula is C28H31Cl2N5O4. The Balaban J connectivity index is 1.55. The van der Waals surface area contributed by atoms with Crippen molar-refractivity contribution in [2.24, 2.45) is 0 Å². The molecule has 4 aromatic rings. The molecule has 1 fully saturated rings. The predicted octanol–water partition coefficient (Wildman–Crippen LogP) is 4.91. The number of hydrogen-bond donors (Lipinski definition) is 0. The van der Waals surface area contributed by atoms with Gasteiger partial charge in [0, 0.05) is 61.2 Å². The Morgan fingerprint density at radius 3 is 2.33 bits per heavy atom. The van der Waals surface area contributed by atoms with Crippen LogP contribution in [0.25, 0.3) is 33.3 Å². The fourth-order valence-electron chi connectivity index (χ4n) is 4.99. The standard InChI is InChI=1S/C28H31Cl2N5O4/c1-5-35-22-13-21(20-16-34(32-17(20)2)7-6-33-8-10-39-11-9-33)31-15-18(22)12-19(28(35)36)25-26(29)23(37-3)14-24(38-4)27(25)30/h12-16H,5-11H2,1-4H3. The lowest BCUT2D eigenvalue weighted by molar-refractivity contribution is 0.0359. The lowest BCUT2D eigenvalue weighted by atomic mass is 10.0. The number of morpholine rings is 1. The second-order valence-electron chi connectivity index (χ2n) is 9.37. The number of pyridine rings is 2. The highest BCUT2D eigenvalue weighted by atomic mass is 35.5. The summed E-state index contributed by atoms with van der Waals surface area (Å²) in [6.07, 6.45) is 3.79. The maximum atomic E-state index is 13.8. The van der Waals surface area contributed by atoms with Crippen LogP contribution in [0.5, 0.6) is 11.5 Å². The van der Waals surface area contributed by atoms with Gasteiger partial charge in [-0.25, -0.2) is 0 Å². The molecule has 4 heterocycles. The van der Waals surface area contributed by atoms with E-state index < -0.39 is 0 Å². The smallest absolute Gasteiger partial charge is 0.259 e. The summed E-state index contributed by atoms with van der Waals surface area (Å²) < 4.78 is 19.9. The van der Waals surface area contributed by atoms with Gasteiger partial charge in [-0.15, -0.1) is 0 Å². The van der Waals surface area contributed by atoms with Crippen molar-refractivity contribution < 1.29 is 14.2 Å². The molecule has 0 N–H and O–H groups in total. The number of aryl methyl sites for hydroxylation is 2. The van der Waals surface area contributed by atoms with Gasteiger partial charge < -0.3 is 18.8 Å². The molecular weight excluding hydrogens is 541 g/mol. The Morgan fingerprint density at radius 1 is 1.00 bits per heavy atom. The quantitative estimate of drug-likeness (QED) is 0.297. The Morgan fingerprint density at radius 2 is 1.69 bits per heavy atom. The third-order valence-corrected chi connectivity index (χ3v) is 7.86. The number of halogens is 2. The topological polar surface area (TPSA) is 83.6 Å². The predicted molar refractivity (Wildman–Crippen MR) is 153 cm³/mol. The molecule has 0 unspecified atom stereocenters. The van der Waals surface area contributed by atoms with Gasteiger partial charge in [0.1, 0.15) is 11.5 Å². The molecule has 5 rings (SSSR count). The minimum Gasteiger partial charge on any atom is -0.495 e. The normalized spacial score (nSPS) is 14.2. The van der Waals surface area contributed by atoms with E-state index in [1.54, 1.807) is 22.9 Å². The molecule has 1 aliphatic rings. The van der Waals surface area contributed by atoms with Crippen molar-refractivity contribution in [3.8, 4) is 33.9 Å². The van der Waals surface area contributed by atoms with Gasteiger partial charge in [-0.1, -0.05) is 23.2 Å². The van der Waals surface area contributed by atoms with Gasteiger partial charge in [-0.3, -0.25) is 19.4 Å². The Labute approximate surface area is 236 Å². The molecule has 0 amide bonds. The third-order valence-electron chi connectivity index (χ3n) is 7.11. The highest BCUT2D eigenvalue weighted by Gasteiger charge is 2.23. The number of benzene rings is 1. The lowest BCUT2D eigenvalue weighted by Crippen LogP contribution is -2.38. The van der Waals surface area contributed by atoms with Crippen LogP contribution in [0, 0.1) is 6.92 Å². The Kier molecular flexibility index (Phi) is 8.13. The fourth-order valence-corrected chi connectivity index (χ4v) is 5.69. The first-order chi connectivity index (χ1) is 18.9. The molecule has 0 saturated carbocycles. The summed E-state index contributed by atoms with van der Waals surface area (Å²) >= 11 is 13.3. The van der Waals surface area contributed by atoms with Crippen molar-refractivity contribution in [2.45, 2.75) is 26.9 Å². The van der Waals surface area contributed by atoms with E-state index >= 15 is 0 Å². The molecule has 1 aromatic carbocycles. The van der Waals surface area contributed by atoms with Crippen molar-refractivity contribution in [2.75, 3.05) is 47.1 Å². The molecule has 206 valence electrons. The molecule has 11 heteroatoms. The lowest BCUT2D eigenvalue weighted by Gasteiger charge is -2.26. The summed E-state index contributed by atoms with van der Waals surface area (Å²) in [5.41, 5.74) is 3.82. The van der Waals surface area contributed by atoms with Gasteiger partial charge in [0.2, 0.25) is 0 Å². The van der Waals surface area contributed by atoms with Gasteiger partial charge in [0.15, 0.2) is 0 Å². The van der Waals surface area contributed by atoms with E-state index in [0.29, 0.717) is 29.2 Å². The molecule has 1 saturated heterocycles. The first kappa shape index (κ1) is 27.5. The van der Waals surface area contributed by atoms with E-state index in [1.807, 2.05) is 30.8 Å². The Bertz CT molecular complexity index is 1550. The summed E-state index contributed by atoms with van der Waals surface area (Å²) in [5, 5.41) is 5.98. The minimum atomic E-state index is -0.223. The molecule has 39 heavy (non-hydrogen) atoms. The van der Waals surface area contributed by atoms with E-state index in [2.05, 4.69) is 4.90 Å². The second kappa shape index (κ2) is 11.6. The van der Waals surface area contributed by atoms with Crippen LogP contribution < -0.4 is 15.0 Å². The van der Waals surface area contributed by atoms with Crippen LogP contribution in [0.1, 0.15) is 12.6 Å². The zero-order valence-corrected chi connectivity index (χ0v) is 24.0. The summed E-state index contributed by atoms with van der Waals surface area (Å²) in [4.78, 5) is 20.9. The molecule has 0 bridgehead atoms. The molecule has 0 spiro atoms. The highest BCUT2D eigenvalue weighted by Crippen LogP contribution is 2.45. The number of nitrogens with zero attached hydrogens (tertiary/aromatic N) is 5. The van der Waals surface area contributed by atoms with E-state index in [-0.39, 0.29) is 15.6 Å². The summed E-state index contributed by atoms with van der Waals surface area (Å²) in [7, 11) is 3.00. The van der Waals surface area contributed by atoms with Gasteiger partial charge in [0.25, 0.3) is 5.56 Å². The van der Waals surface area contributed by atoms with Crippen LogP contribution in [-0.4, -0.2) is 71.3 Å². The zero-order chi connectivity index (χ0) is 27.7. The van der Waals surface area contributed by atoms with Crippen LogP contribution in [-0.2, 0) is 17.8 Å². The maximum absolute atomic E-state index is 13.8. The maximum Gasteiger partial charge on any atom is 0.259 e. The first-order valence-electron chi connectivity index (χ1n) is 12.8. The Hall–Kier alpha value is -3.11. The number of ether oxygens (including phenoxy) is 3. The first-order valence-corrected chi connectivity index (χ1v) is 13.6. The summed E-state index contributed by atoms with van der Waals surface area (Å²) in [6, 6.07) is 5.31. The largest absolute Gasteiger partial charge is 0.495 e. The molecule has 0 atom stereocenters. The van der Waals surface area contributed by atoms with Gasteiger partial charge >= 0.3 is 0 Å². The number of aromatic nitrogens is 4.